The van der Waals surface area contributed by atoms with Crippen molar-refractivity contribution < 1.29 is 13.5 Å². The van der Waals surface area contributed by atoms with Crippen molar-refractivity contribution in [2.45, 2.75) is 0 Å². The number of nitrogens with two attached hydrogens (primary N) is 1. The van der Waals surface area contributed by atoms with Gasteiger partial charge >= 0.3 is 5.76 Å². The molecule has 0 aliphatic rings. The molecule has 0 amide bonds. The molecule has 2 aromatic carbocycles. The van der Waals surface area contributed by atoms with Crippen LogP contribution in [0.25, 0.3) is 11.1 Å². The van der Waals surface area contributed by atoms with Crippen LogP contribution < -0.4 is 16.2 Å². The fourth-order valence-electron chi connectivity index (χ4n) is 1.78. The van der Waals surface area contributed by atoms with Crippen LogP contribution in [0.4, 0.5) is 10.1 Å². The molecular formula is C13H7BrClFN2O3. The Hall–Kier alpha value is -1.99. The van der Waals surface area contributed by atoms with Crippen molar-refractivity contribution in [1.82, 2.24) is 4.98 Å². The quantitative estimate of drug-likeness (QED) is 0.524. The van der Waals surface area contributed by atoms with Crippen LogP contribution in [0.1, 0.15) is 0 Å². The highest BCUT2D eigenvalue weighted by molar-refractivity contribution is 9.10. The highest BCUT2D eigenvalue weighted by atomic mass is 79.9. The number of hydrogen-bond donors (Lipinski definition) is 2. The number of aromatic amines is 1. The Kier molecular flexibility index (Phi) is 3.38. The van der Waals surface area contributed by atoms with Crippen molar-refractivity contribution in [3.05, 3.63) is 50.1 Å². The molecule has 0 aliphatic heterocycles. The molecule has 8 heteroatoms. The van der Waals surface area contributed by atoms with E-state index in [-0.39, 0.29) is 22.2 Å². The lowest BCUT2D eigenvalue weighted by atomic mass is 10.2. The second kappa shape index (κ2) is 5.09. The number of rotatable bonds is 2. The maximum Gasteiger partial charge on any atom is 0.417 e. The smallest absolute Gasteiger partial charge is 0.417 e. The number of anilines is 1. The number of benzene rings is 2. The summed E-state index contributed by atoms with van der Waals surface area (Å²) in [5.41, 5.74) is 6.81. The summed E-state index contributed by atoms with van der Waals surface area (Å²) in [5.74, 6) is -0.762. The van der Waals surface area contributed by atoms with Crippen molar-refractivity contribution in [2.24, 2.45) is 0 Å². The molecule has 108 valence electrons. The second-order valence-corrected chi connectivity index (χ2v) is 5.46. The van der Waals surface area contributed by atoms with Gasteiger partial charge in [0.1, 0.15) is 11.6 Å². The third kappa shape index (κ3) is 2.62. The maximum absolute atomic E-state index is 13.5. The number of oxazole rings is 1. The van der Waals surface area contributed by atoms with Crippen LogP contribution in [0.5, 0.6) is 11.5 Å². The first-order chi connectivity index (χ1) is 9.94. The normalized spacial score (nSPS) is 11.0. The molecule has 5 nitrogen and oxygen atoms in total. The van der Waals surface area contributed by atoms with Crippen LogP contribution in [0, 0.1) is 5.82 Å². The van der Waals surface area contributed by atoms with Gasteiger partial charge in [0.2, 0.25) is 0 Å². The zero-order valence-electron chi connectivity index (χ0n) is 10.2. The van der Waals surface area contributed by atoms with Crippen LogP contribution in [0.2, 0.25) is 5.02 Å². The average Bonchev–Trinajstić information content (AvgIpc) is 2.75. The molecule has 0 radical (unpaired) electrons. The Morgan fingerprint density at radius 3 is 2.81 bits per heavy atom. The van der Waals surface area contributed by atoms with E-state index in [2.05, 4.69) is 20.9 Å². The summed E-state index contributed by atoms with van der Waals surface area (Å²) in [6.07, 6.45) is 0. The predicted octanol–water partition coefficient (Wildman–Crippen LogP) is 4.05. The number of halogens is 3. The Labute approximate surface area is 130 Å². The lowest BCUT2D eigenvalue weighted by molar-refractivity contribution is 0.476. The standard InChI is InChI=1S/C13H7BrClFN2O3/c14-5-1-6(15)7(16)2-10(5)20-11-4-9-12(3-8(11)17)21-13(19)18-9/h1-4H,17H2,(H,18,19). The number of fused-ring (bicyclic) bond motifs is 1. The summed E-state index contributed by atoms with van der Waals surface area (Å²) in [5, 5.41) is -0.0307. The molecule has 0 saturated heterocycles. The number of hydrogen-bond acceptors (Lipinski definition) is 4. The first-order valence-corrected chi connectivity index (χ1v) is 6.86. The van der Waals surface area contributed by atoms with Gasteiger partial charge < -0.3 is 14.9 Å². The van der Waals surface area contributed by atoms with Crippen LogP contribution >= 0.6 is 27.5 Å². The van der Waals surface area contributed by atoms with Crippen molar-refractivity contribution in [2.75, 3.05) is 5.73 Å². The zero-order chi connectivity index (χ0) is 15.1. The summed E-state index contributed by atoms with van der Waals surface area (Å²) in [7, 11) is 0. The summed E-state index contributed by atoms with van der Waals surface area (Å²) < 4.78 is 24.4. The minimum absolute atomic E-state index is 0.0307. The van der Waals surface area contributed by atoms with Gasteiger partial charge in [0.15, 0.2) is 11.3 Å². The monoisotopic (exact) mass is 372 g/mol. The number of H-pyrrole nitrogens is 1. The van der Waals surface area contributed by atoms with E-state index in [0.29, 0.717) is 15.6 Å². The minimum Gasteiger partial charge on any atom is -0.454 e. The maximum atomic E-state index is 13.5. The van der Waals surface area contributed by atoms with Gasteiger partial charge in [-0.2, -0.15) is 0 Å². The Balaban J connectivity index is 2.07. The van der Waals surface area contributed by atoms with Gasteiger partial charge in [-0.05, 0) is 22.0 Å². The van der Waals surface area contributed by atoms with Crippen LogP contribution in [-0.4, -0.2) is 4.98 Å². The molecule has 21 heavy (non-hydrogen) atoms. The van der Waals surface area contributed by atoms with E-state index in [1.807, 2.05) is 0 Å². The van der Waals surface area contributed by atoms with Crippen molar-refractivity contribution in [1.29, 1.82) is 0 Å². The molecule has 0 aliphatic carbocycles. The first kappa shape index (κ1) is 14.0. The van der Waals surface area contributed by atoms with E-state index in [0.717, 1.165) is 6.07 Å². The number of aromatic nitrogens is 1. The molecule has 0 fully saturated rings. The van der Waals surface area contributed by atoms with E-state index >= 15 is 0 Å². The molecule has 1 heterocycles. The predicted molar refractivity (Wildman–Crippen MR) is 80.4 cm³/mol. The summed E-state index contributed by atoms with van der Waals surface area (Å²) >= 11 is 8.89. The van der Waals surface area contributed by atoms with E-state index in [9.17, 15) is 9.18 Å². The van der Waals surface area contributed by atoms with Gasteiger partial charge in [-0.15, -0.1) is 0 Å². The van der Waals surface area contributed by atoms with E-state index in [1.54, 1.807) is 0 Å². The van der Waals surface area contributed by atoms with Gasteiger partial charge in [0.05, 0.1) is 20.7 Å². The highest BCUT2D eigenvalue weighted by Gasteiger charge is 2.13. The van der Waals surface area contributed by atoms with Gasteiger partial charge in [-0.25, -0.2) is 9.18 Å². The topological polar surface area (TPSA) is 81.2 Å². The first-order valence-electron chi connectivity index (χ1n) is 5.69. The van der Waals surface area contributed by atoms with Gasteiger partial charge in [-0.1, -0.05) is 11.6 Å². The molecule has 3 rings (SSSR count). The fraction of sp³-hybridized carbons (Fsp3) is 0. The summed E-state index contributed by atoms with van der Waals surface area (Å²) in [6, 6.07) is 5.45. The fourth-order valence-corrected chi connectivity index (χ4v) is 2.50. The molecular weight excluding hydrogens is 367 g/mol. The summed E-state index contributed by atoms with van der Waals surface area (Å²) in [6.45, 7) is 0. The molecule has 0 atom stereocenters. The van der Waals surface area contributed by atoms with Gasteiger partial charge in [0.25, 0.3) is 0 Å². The van der Waals surface area contributed by atoms with Crippen LogP contribution in [-0.2, 0) is 0 Å². The molecule has 0 saturated carbocycles. The van der Waals surface area contributed by atoms with E-state index in [4.69, 9.17) is 26.5 Å². The van der Waals surface area contributed by atoms with Crippen molar-refractivity contribution in [3.63, 3.8) is 0 Å². The van der Waals surface area contributed by atoms with Crippen molar-refractivity contribution >= 4 is 44.3 Å². The number of ether oxygens (including phenoxy) is 1. The molecule has 3 N–H and O–H groups in total. The molecule has 1 aromatic heterocycles. The van der Waals surface area contributed by atoms with Crippen molar-refractivity contribution in [3.8, 4) is 11.5 Å². The number of nitrogen functional groups attached to an aromatic ring is 1. The minimum atomic E-state index is -0.619. The van der Waals surface area contributed by atoms with Gasteiger partial charge in [-0.3, -0.25) is 4.98 Å². The average molecular weight is 374 g/mol. The molecule has 3 aromatic rings. The molecule has 0 unspecified atom stereocenters. The molecule has 0 spiro atoms. The van der Waals surface area contributed by atoms with E-state index in [1.165, 1.54) is 18.2 Å². The zero-order valence-corrected chi connectivity index (χ0v) is 12.6. The Morgan fingerprint density at radius 2 is 2.05 bits per heavy atom. The van der Waals surface area contributed by atoms with Crippen LogP contribution in [0.15, 0.2) is 37.9 Å². The third-order valence-corrected chi connectivity index (χ3v) is 3.66. The van der Waals surface area contributed by atoms with E-state index < -0.39 is 11.6 Å². The third-order valence-electron chi connectivity index (χ3n) is 2.75. The summed E-state index contributed by atoms with van der Waals surface area (Å²) in [4.78, 5) is 13.6. The number of nitrogens with one attached hydrogen (secondary N) is 1. The second-order valence-electron chi connectivity index (χ2n) is 4.20. The Bertz CT molecular complexity index is 906. The van der Waals surface area contributed by atoms with Gasteiger partial charge in [0, 0.05) is 18.2 Å². The Morgan fingerprint density at radius 1 is 1.29 bits per heavy atom. The lowest BCUT2D eigenvalue weighted by Gasteiger charge is -2.10. The van der Waals surface area contributed by atoms with Crippen LogP contribution in [0.3, 0.4) is 0 Å². The SMILES string of the molecule is Nc1cc2oc(=O)[nH]c2cc1Oc1cc(F)c(Cl)cc1Br. The molecule has 0 bridgehead atoms. The highest BCUT2D eigenvalue weighted by Crippen LogP contribution is 2.36. The largest absolute Gasteiger partial charge is 0.454 e. The lowest BCUT2D eigenvalue weighted by Crippen LogP contribution is -1.94.